The van der Waals surface area contributed by atoms with Crippen molar-refractivity contribution in [3.63, 3.8) is 0 Å². The Balaban J connectivity index is 2.39. The topological polar surface area (TPSA) is 98.7 Å². The van der Waals surface area contributed by atoms with Crippen LogP contribution in [0, 0.1) is 0 Å². The molecule has 1 unspecified atom stereocenters. The van der Waals surface area contributed by atoms with Crippen molar-refractivity contribution >= 4 is 20.2 Å². The molecule has 80 valence electrons. The molecule has 1 rings (SSSR count). The molecule has 1 heterocycles. The molecule has 0 aromatic rings. The molecule has 1 saturated heterocycles. The van der Waals surface area contributed by atoms with E-state index in [1.54, 1.807) is 0 Å². The molecule has 0 aromatic carbocycles. The van der Waals surface area contributed by atoms with Gasteiger partial charge in [0.25, 0.3) is 0 Å². The van der Waals surface area contributed by atoms with Crippen LogP contribution >= 0.6 is 8.38 Å². The van der Waals surface area contributed by atoms with Gasteiger partial charge in [0.15, 0.2) is 8.38 Å². The van der Waals surface area contributed by atoms with Gasteiger partial charge in [-0.05, 0) is 13.3 Å². The van der Waals surface area contributed by atoms with Crippen molar-refractivity contribution in [2.24, 2.45) is 0 Å². The Kier molecular flexibility index (Phi) is 3.80. The van der Waals surface area contributed by atoms with E-state index < -0.39 is 20.2 Å². The molecule has 1 aliphatic rings. The van der Waals surface area contributed by atoms with E-state index >= 15 is 0 Å². The molecule has 0 radical (unpaired) electrons. The second kappa shape index (κ2) is 4.68. The summed E-state index contributed by atoms with van der Waals surface area (Å²) in [5.74, 6) is -1.18. The van der Waals surface area contributed by atoms with Gasteiger partial charge in [0.1, 0.15) is 6.04 Å². The number of hydrogen-bond acceptors (Lipinski definition) is 4. The van der Waals surface area contributed by atoms with Crippen molar-refractivity contribution in [2.45, 2.75) is 31.6 Å². The first-order valence-corrected chi connectivity index (χ1v) is 5.59. The van der Waals surface area contributed by atoms with E-state index in [4.69, 9.17) is 9.79 Å². The zero-order valence-corrected chi connectivity index (χ0v) is 8.62. The molecular formula is C7H13N2O4P. The van der Waals surface area contributed by atoms with Crippen molar-refractivity contribution in [1.82, 2.24) is 10.6 Å². The predicted octanol–water partition coefficient (Wildman–Crippen LogP) is -0.976. The standard InChI is InChI=1S/C7H13N2O4P/c1-4(14(12)13)8-7(11)5-2-3-6(10)9-5/h4-5,12-13H,2-3H2,1H3,(H,8,11)(H,9,10)/t4?,5-/m0/s1. The van der Waals surface area contributed by atoms with Crippen LogP contribution in [0.15, 0.2) is 0 Å². The fraction of sp³-hybridized carbons (Fsp3) is 0.714. The molecule has 4 N–H and O–H groups in total. The maximum atomic E-state index is 11.4. The first-order valence-electron chi connectivity index (χ1n) is 4.27. The third-order valence-electron chi connectivity index (χ3n) is 2.01. The lowest BCUT2D eigenvalue weighted by Crippen LogP contribution is -2.44. The quantitative estimate of drug-likeness (QED) is 0.459. The lowest BCUT2D eigenvalue weighted by molar-refractivity contribution is -0.125. The second-order valence-corrected chi connectivity index (χ2v) is 4.58. The number of carbonyl (C=O) groups is 2. The van der Waals surface area contributed by atoms with Crippen LogP contribution in [0.3, 0.4) is 0 Å². The second-order valence-electron chi connectivity index (χ2n) is 3.16. The lowest BCUT2D eigenvalue weighted by Gasteiger charge is -2.17. The van der Waals surface area contributed by atoms with E-state index in [2.05, 4.69) is 10.6 Å². The minimum absolute atomic E-state index is 0.145. The van der Waals surface area contributed by atoms with E-state index in [1.165, 1.54) is 6.92 Å². The van der Waals surface area contributed by atoms with Crippen molar-refractivity contribution in [1.29, 1.82) is 0 Å². The smallest absolute Gasteiger partial charge is 0.243 e. The first kappa shape index (κ1) is 11.4. The number of amides is 2. The van der Waals surface area contributed by atoms with Crippen LogP contribution in [-0.4, -0.2) is 33.4 Å². The average Bonchev–Trinajstić information content (AvgIpc) is 2.51. The van der Waals surface area contributed by atoms with Gasteiger partial charge in [0, 0.05) is 6.42 Å². The molecule has 0 bridgehead atoms. The Morgan fingerprint density at radius 1 is 1.71 bits per heavy atom. The Morgan fingerprint density at radius 2 is 2.36 bits per heavy atom. The predicted molar refractivity (Wildman–Crippen MR) is 50.1 cm³/mol. The van der Waals surface area contributed by atoms with Gasteiger partial charge in [-0.3, -0.25) is 9.59 Å². The fourth-order valence-corrected chi connectivity index (χ4v) is 1.42. The minimum Gasteiger partial charge on any atom is -0.349 e. The first-order chi connectivity index (χ1) is 6.50. The average molecular weight is 220 g/mol. The molecule has 7 heteroatoms. The van der Waals surface area contributed by atoms with E-state index in [-0.39, 0.29) is 11.8 Å². The number of hydrogen-bond donors (Lipinski definition) is 4. The summed E-state index contributed by atoms with van der Waals surface area (Å²) in [4.78, 5) is 39.7. The highest BCUT2D eigenvalue weighted by molar-refractivity contribution is 7.45. The Hall–Kier alpha value is -0.710. The van der Waals surface area contributed by atoms with Gasteiger partial charge >= 0.3 is 0 Å². The summed E-state index contributed by atoms with van der Waals surface area (Å²) in [5, 5.41) is 4.91. The van der Waals surface area contributed by atoms with E-state index in [9.17, 15) is 9.59 Å². The van der Waals surface area contributed by atoms with Crippen molar-refractivity contribution in [2.75, 3.05) is 0 Å². The van der Waals surface area contributed by atoms with Gasteiger partial charge in [-0.15, -0.1) is 0 Å². The minimum atomic E-state index is -2.16. The third kappa shape index (κ3) is 2.90. The highest BCUT2D eigenvalue weighted by Crippen LogP contribution is 2.28. The van der Waals surface area contributed by atoms with Crippen LogP contribution in [-0.2, 0) is 9.59 Å². The molecule has 0 saturated carbocycles. The molecule has 2 atom stereocenters. The van der Waals surface area contributed by atoms with Gasteiger partial charge in [0.05, 0.1) is 5.78 Å². The number of rotatable bonds is 3. The van der Waals surface area contributed by atoms with Crippen LogP contribution in [0.25, 0.3) is 0 Å². The maximum Gasteiger partial charge on any atom is 0.243 e. The van der Waals surface area contributed by atoms with Gasteiger partial charge in [-0.2, -0.15) is 0 Å². The van der Waals surface area contributed by atoms with Gasteiger partial charge in [-0.1, -0.05) is 0 Å². The van der Waals surface area contributed by atoms with E-state index in [0.29, 0.717) is 12.8 Å². The normalized spacial score (nSPS) is 23.4. The van der Waals surface area contributed by atoms with Crippen LogP contribution in [0.1, 0.15) is 19.8 Å². The maximum absolute atomic E-state index is 11.4. The Bertz CT molecular complexity index is 246. The summed E-state index contributed by atoms with van der Waals surface area (Å²) in [6.45, 7) is 1.50. The molecule has 6 nitrogen and oxygen atoms in total. The molecule has 1 aliphatic heterocycles. The van der Waals surface area contributed by atoms with Gasteiger partial charge in [-0.25, -0.2) is 0 Å². The fourth-order valence-electron chi connectivity index (χ4n) is 1.17. The highest BCUT2D eigenvalue weighted by atomic mass is 31.2. The summed E-state index contributed by atoms with van der Waals surface area (Å²) >= 11 is 0. The molecule has 0 aliphatic carbocycles. The van der Waals surface area contributed by atoms with E-state index in [1.807, 2.05) is 0 Å². The van der Waals surface area contributed by atoms with Crippen molar-refractivity contribution in [3.8, 4) is 0 Å². The lowest BCUT2D eigenvalue weighted by atomic mass is 10.2. The number of nitrogens with one attached hydrogen (secondary N) is 2. The summed E-state index contributed by atoms with van der Waals surface area (Å²) in [6, 6.07) is -0.528. The summed E-state index contributed by atoms with van der Waals surface area (Å²) in [5.41, 5.74) is 0. The monoisotopic (exact) mass is 220 g/mol. The van der Waals surface area contributed by atoms with Crippen LogP contribution < -0.4 is 10.6 Å². The van der Waals surface area contributed by atoms with Crippen molar-refractivity contribution < 1.29 is 19.4 Å². The Morgan fingerprint density at radius 3 is 2.79 bits per heavy atom. The Labute approximate surface area is 82.6 Å². The molecular weight excluding hydrogens is 207 g/mol. The molecule has 1 fully saturated rings. The zero-order valence-electron chi connectivity index (χ0n) is 7.73. The van der Waals surface area contributed by atoms with Crippen LogP contribution in [0.2, 0.25) is 0 Å². The van der Waals surface area contributed by atoms with Crippen LogP contribution in [0.4, 0.5) is 0 Å². The number of carbonyl (C=O) groups excluding carboxylic acids is 2. The van der Waals surface area contributed by atoms with Crippen molar-refractivity contribution in [3.05, 3.63) is 0 Å². The van der Waals surface area contributed by atoms with E-state index in [0.717, 1.165) is 0 Å². The van der Waals surface area contributed by atoms with Gasteiger partial charge in [0.2, 0.25) is 11.8 Å². The summed E-state index contributed by atoms with van der Waals surface area (Å²) < 4.78 is 0. The molecule has 14 heavy (non-hydrogen) atoms. The third-order valence-corrected chi connectivity index (χ3v) is 2.83. The molecule has 0 spiro atoms. The zero-order chi connectivity index (χ0) is 10.7. The highest BCUT2D eigenvalue weighted by Gasteiger charge is 2.28. The molecule has 2 amide bonds. The SMILES string of the molecule is CC(NC(=O)[C@@H]1CCC(=O)N1)P(O)O. The summed E-state index contributed by atoms with van der Waals surface area (Å²) in [7, 11) is -2.16. The summed E-state index contributed by atoms with van der Waals surface area (Å²) in [6.07, 6.45) is 0.811. The molecule has 0 aromatic heterocycles. The largest absolute Gasteiger partial charge is 0.349 e. The van der Waals surface area contributed by atoms with Gasteiger partial charge < -0.3 is 20.4 Å². The van der Waals surface area contributed by atoms with Crippen LogP contribution in [0.5, 0.6) is 0 Å².